The van der Waals surface area contributed by atoms with E-state index in [0.717, 1.165) is 19.4 Å². The molecule has 0 aromatic carbocycles. The summed E-state index contributed by atoms with van der Waals surface area (Å²) in [5.41, 5.74) is 0. The number of rotatable bonds is 4. The zero-order valence-corrected chi connectivity index (χ0v) is 7.36. The molecule has 4 nitrogen and oxygen atoms in total. The van der Waals surface area contributed by atoms with Crippen LogP contribution in [0.25, 0.3) is 0 Å². The predicted molar refractivity (Wildman–Crippen MR) is 44.1 cm³/mol. The Balaban J connectivity index is 2.20. The van der Waals surface area contributed by atoms with E-state index in [1.54, 1.807) is 7.11 Å². The Labute approximate surface area is 72.4 Å². The molecular weight excluding hydrogens is 158 g/mol. The van der Waals surface area contributed by atoms with Gasteiger partial charge in [-0.15, -0.1) is 0 Å². The van der Waals surface area contributed by atoms with Crippen LogP contribution in [-0.4, -0.2) is 57.2 Å². The zero-order chi connectivity index (χ0) is 8.81. The van der Waals surface area contributed by atoms with E-state index in [9.17, 15) is 4.79 Å². The fourth-order valence-electron chi connectivity index (χ4n) is 1.24. The molecular formula is C8H15NO3. The molecule has 0 N–H and O–H groups in total. The molecule has 1 heterocycles. The molecule has 0 radical (unpaired) electrons. The SMILES string of the molecule is COCCN1CCOC(C=O)C1. The molecule has 0 amide bonds. The third-order valence-electron chi connectivity index (χ3n) is 1.94. The lowest BCUT2D eigenvalue weighted by molar-refractivity contribution is -0.123. The number of nitrogens with zero attached hydrogens (tertiary/aromatic N) is 1. The Kier molecular flexibility index (Phi) is 4.21. The highest BCUT2D eigenvalue weighted by Gasteiger charge is 2.18. The van der Waals surface area contributed by atoms with Gasteiger partial charge in [-0.3, -0.25) is 4.90 Å². The molecule has 1 fully saturated rings. The lowest BCUT2D eigenvalue weighted by Crippen LogP contribution is -2.44. The maximum absolute atomic E-state index is 10.4. The third kappa shape index (κ3) is 2.89. The minimum absolute atomic E-state index is 0.240. The second kappa shape index (κ2) is 5.24. The fraction of sp³-hybridized carbons (Fsp3) is 0.875. The first kappa shape index (κ1) is 9.64. The van der Waals surface area contributed by atoms with Crippen LogP contribution in [0.15, 0.2) is 0 Å². The van der Waals surface area contributed by atoms with Gasteiger partial charge in [-0.05, 0) is 0 Å². The Bertz CT molecular complexity index is 140. The maximum atomic E-state index is 10.4. The van der Waals surface area contributed by atoms with E-state index in [-0.39, 0.29) is 6.10 Å². The molecule has 0 saturated carbocycles. The van der Waals surface area contributed by atoms with Crippen LogP contribution in [0.5, 0.6) is 0 Å². The summed E-state index contributed by atoms with van der Waals surface area (Å²) in [6.07, 6.45) is 0.620. The molecule has 0 aromatic rings. The van der Waals surface area contributed by atoms with Crippen molar-refractivity contribution < 1.29 is 14.3 Å². The molecule has 1 rings (SSSR count). The first-order chi connectivity index (χ1) is 5.86. The predicted octanol–water partition coefficient (Wildman–Crippen LogP) is -0.467. The molecule has 12 heavy (non-hydrogen) atoms. The second-order valence-electron chi connectivity index (χ2n) is 2.84. The molecule has 70 valence electrons. The number of hydrogen-bond donors (Lipinski definition) is 0. The molecule has 1 aliphatic rings. The van der Waals surface area contributed by atoms with Gasteiger partial charge in [0.2, 0.25) is 0 Å². The molecule has 4 heteroatoms. The molecule has 1 saturated heterocycles. The van der Waals surface area contributed by atoms with Crippen LogP contribution < -0.4 is 0 Å². The van der Waals surface area contributed by atoms with Crippen LogP contribution in [-0.2, 0) is 14.3 Å². The summed E-state index contributed by atoms with van der Waals surface area (Å²) in [6, 6.07) is 0. The van der Waals surface area contributed by atoms with Crippen molar-refractivity contribution in [3.63, 3.8) is 0 Å². The summed E-state index contributed by atoms with van der Waals surface area (Å²) < 4.78 is 10.1. The quantitative estimate of drug-likeness (QED) is 0.539. The summed E-state index contributed by atoms with van der Waals surface area (Å²) in [5, 5.41) is 0. The van der Waals surface area contributed by atoms with Crippen molar-refractivity contribution in [1.29, 1.82) is 0 Å². The van der Waals surface area contributed by atoms with E-state index < -0.39 is 0 Å². The van der Waals surface area contributed by atoms with Crippen LogP contribution in [0, 0.1) is 0 Å². The highest BCUT2D eigenvalue weighted by Crippen LogP contribution is 2.01. The van der Waals surface area contributed by atoms with Gasteiger partial charge >= 0.3 is 0 Å². The lowest BCUT2D eigenvalue weighted by Gasteiger charge is -2.29. The maximum Gasteiger partial charge on any atom is 0.150 e. The van der Waals surface area contributed by atoms with Crippen LogP contribution in [0.1, 0.15) is 0 Å². The highest BCUT2D eigenvalue weighted by atomic mass is 16.5. The average Bonchev–Trinajstić information content (AvgIpc) is 2.15. The van der Waals surface area contributed by atoms with Crippen molar-refractivity contribution in [2.24, 2.45) is 0 Å². The lowest BCUT2D eigenvalue weighted by atomic mass is 10.3. The van der Waals surface area contributed by atoms with Crippen molar-refractivity contribution in [2.75, 3.05) is 40.0 Å². The van der Waals surface area contributed by atoms with Crippen molar-refractivity contribution >= 4 is 6.29 Å². The van der Waals surface area contributed by atoms with Gasteiger partial charge in [-0.2, -0.15) is 0 Å². The number of methoxy groups -OCH3 is 1. The van der Waals surface area contributed by atoms with Crippen LogP contribution >= 0.6 is 0 Å². The molecule has 0 aliphatic carbocycles. The Morgan fingerprint density at radius 3 is 3.25 bits per heavy atom. The second-order valence-corrected chi connectivity index (χ2v) is 2.84. The van der Waals surface area contributed by atoms with E-state index in [2.05, 4.69) is 4.90 Å². The summed E-state index contributed by atoms with van der Waals surface area (Å²) >= 11 is 0. The number of carbonyl (C=O) groups excluding carboxylic acids is 1. The molecule has 0 bridgehead atoms. The van der Waals surface area contributed by atoms with Crippen molar-refractivity contribution in [1.82, 2.24) is 4.90 Å². The minimum Gasteiger partial charge on any atom is -0.383 e. The van der Waals surface area contributed by atoms with Gasteiger partial charge in [0.15, 0.2) is 0 Å². The molecule has 1 unspecified atom stereocenters. The normalized spacial score (nSPS) is 25.6. The number of ether oxygens (including phenoxy) is 2. The molecule has 0 aromatic heterocycles. The summed E-state index contributed by atoms with van der Waals surface area (Å²) in [6.45, 7) is 3.84. The monoisotopic (exact) mass is 173 g/mol. The van der Waals surface area contributed by atoms with E-state index in [1.807, 2.05) is 0 Å². The van der Waals surface area contributed by atoms with E-state index in [1.165, 1.54) is 0 Å². The molecule has 1 atom stereocenters. The molecule has 1 aliphatic heterocycles. The van der Waals surface area contributed by atoms with Gasteiger partial charge in [0.1, 0.15) is 12.4 Å². The van der Waals surface area contributed by atoms with Crippen molar-refractivity contribution in [3.05, 3.63) is 0 Å². The number of morpholine rings is 1. The Morgan fingerprint density at radius 1 is 1.75 bits per heavy atom. The Hall–Kier alpha value is -0.450. The number of hydrogen-bond acceptors (Lipinski definition) is 4. The Morgan fingerprint density at radius 2 is 2.58 bits per heavy atom. The largest absolute Gasteiger partial charge is 0.383 e. The van der Waals surface area contributed by atoms with Crippen LogP contribution in [0.2, 0.25) is 0 Å². The van der Waals surface area contributed by atoms with Gasteiger partial charge in [0, 0.05) is 26.7 Å². The van der Waals surface area contributed by atoms with Crippen LogP contribution in [0.3, 0.4) is 0 Å². The van der Waals surface area contributed by atoms with Gasteiger partial charge in [-0.25, -0.2) is 0 Å². The third-order valence-corrected chi connectivity index (χ3v) is 1.94. The van der Waals surface area contributed by atoms with Crippen LogP contribution in [0.4, 0.5) is 0 Å². The topological polar surface area (TPSA) is 38.8 Å². The first-order valence-electron chi connectivity index (χ1n) is 4.15. The summed E-state index contributed by atoms with van der Waals surface area (Å²) in [4.78, 5) is 12.6. The number of carbonyl (C=O) groups is 1. The van der Waals surface area contributed by atoms with Crippen molar-refractivity contribution in [3.8, 4) is 0 Å². The first-order valence-corrected chi connectivity index (χ1v) is 4.15. The van der Waals surface area contributed by atoms with Gasteiger partial charge < -0.3 is 14.3 Å². The summed E-state index contributed by atoms with van der Waals surface area (Å²) in [5.74, 6) is 0. The zero-order valence-electron chi connectivity index (χ0n) is 7.36. The smallest absolute Gasteiger partial charge is 0.150 e. The average molecular weight is 173 g/mol. The van der Waals surface area contributed by atoms with Gasteiger partial charge in [0.05, 0.1) is 13.2 Å². The molecule has 0 spiro atoms. The van der Waals surface area contributed by atoms with E-state index in [4.69, 9.17) is 9.47 Å². The van der Waals surface area contributed by atoms with Gasteiger partial charge in [-0.1, -0.05) is 0 Å². The summed E-state index contributed by atoms with van der Waals surface area (Å²) in [7, 11) is 1.68. The number of aldehydes is 1. The van der Waals surface area contributed by atoms with E-state index >= 15 is 0 Å². The van der Waals surface area contributed by atoms with E-state index in [0.29, 0.717) is 19.8 Å². The van der Waals surface area contributed by atoms with Gasteiger partial charge in [0.25, 0.3) is 0 Å². The fourth-order valence-corrected chi connectivity index (χ4v) is 1.24. The highest BCUT2D eigenvalue weighted by molar-refractivity contribution is 5.56. The minimum atomic E-state index is -0.240. The van der Waals surface area contributed by atoms with Crippen molar-refractivity contribution in [2.45, 2.75) is 6.10 Å². The standard InChI is InChI=1S/C8H15NO3/c1-11-4-2-9-3-5-12-8(6-9)7-10/h7-8H,2-6H2,1H3.